The fraction of sp³-hybridized carbons (Fsp3) is 0.222. The molecule has 182 valence electrons. The zero-order valence-electron chi connectivity index (χ0n) is 19.6. The van der Waals surface area contributed by atoms with Gasteiger partial charge in [-0.1, -0.05) is 54.9 Å². The van der Waals surface area contributed by atoms with Gasteiger partial charge in [0.2, 0.25) is 17.7 Å². The van der Waals surface area contributed by atoms with Crippen molar-refractivity contribution in [1.82, 2.24) is 0 Å². The smallest absolute Gasteiger partial charge is 0.243 e. The molecular weight excluding hydrogens is 464 g/mol. The predicted molar refractivity (Wildman–Crippen MR) is 142 cm³/mol. The number of anilines is 4. The van der Waals surface area contributed by atoms with Crippen LogP contribution in [0.3, 0.4) is 0 Å². The molecule has 8 heteroatoms. The summed E-state index contributed by atoms with van der Waals surface area (Å²) < 4.78 is 0. The van der Waals surface area contributed by atoms with Crippen LogP contribution in [0.15, 0.2) is 72.8 Å². The third kappa shape index (κ3) is 8.79. The lowest BCUT2D eigenvalue weighted by atomic mass is 10.1. The molecule has 0 aromatic heterocycles. The number of hydrogen-bond donors (Lipinski definition) is 4. The van der Waals surface area contributed by atoms with Crippen LogP contribution >= 0.6 is 11.6 Å². The van der Waals surface area contributed by atoms with E-state index in [2.05, 4.69) is 21.3 Å². The molecule has 0 heterocycles. The summed E-state index contributed by atoms with van der Waals surface area (Å²) in [7, 11) is 0. The average Bonchev–Trinajstić information content (AvgIpc) is 2.84. The zero-order chi connectivity index (χ0) is 25.0. The molecule has 4 N–H and O–H groups in total. The number of aryl methyl sites for hydroxylation is 1. The third-order valence-corrected chi connectivity index (χ3v) is 5.41. The van der Waals surface area contributed by atoms with Crippen molar-refractivity contribution < 1.29 is 14.4 Å². The Labute approximate surface area is 210 Å². The number of carbonyl (C=O) groups excluding carboxylic acids is 3. The van der Waals surface area contributed by atoms with E-state index >= 15 is 0 Å². The van der Waals surface area contributed by atoms with Gasteiger partial charge in [0.05, 0.1) is 17.3 Å². The Morgan fingerprint density at radius 2 is 1.40 bits per heavy atom. The molecule has 0 saturated heterocycles. The van der Waals surface area contributed by atoms with Crippen LogP contribution in [-0.4, -0.2) is 24.3 Å². The van der Waals surface area contributed by atoms with Crippen molar-refractivity contribution in [2.45, 2.75) is 32.6 Å². The first-order valence-electron chi connectivity index (χ1n) is 11.5. The Morgan fingerprint density at radius 1 is 0.714 bits per heavy atom. The van der Waals surface area contributed by atoms with Crippen molar-refractivity contribution in [3.63, 3.8) is 0 Å². The Balaban J connectivity index is 1.50. The Morgan fingerprint density at radius 3 is 2.14 bits per heavy atom. The molecule has 7 nitrogen and oxygen atoms in total. The number of carbonyl (C=O) groups is 3. The Bertz CT molecular complexity index is 1170. The predicted octanol–water partition coefficient (Wildman–Crippen LogP) is 5.70. The standard InChI is InChI=1S/C27H29ClN4O3/c1-2-7-25(33)31-22-13-14-23(28)24(17-22)32-27(35)18-29-20-10-6-11-21(16-20)30-26(34)15-12-19-8-4-3-5-9-19/h3-6,8-11,13-14,16-17,29H,2,7,12,15,18H2,1H3,(H,30,34)(H,31,33)(H,32,35). The van der Waals surface area contributed by atoms with Gasteiger partial charge in [-0.15, -0.1) is 0 Å². The van der Waals surface area contributed by atoms with Gasteiger partial charge in [0, 0.05) is 29.9 Å². The number of halogens is 1. The van der Waals surface area contributed by atoms with Gasteiger partial charge in [0.1, 0.15) is 0 Å². The third-order valence-electron chi connectivity index (χ3n) is 5.08. The normalized spacial score (nSPS) is 10.3. The summed E-state index contributed by atoms with van der Waals surface area (Å²) in [5.41, 5.74) is 3.41. The first-order chi connectivity index (χ1) is 16.9. The first-order valence-corrected chi connectivity index (χ1v) is 11.9. The molecule has 0 aliphatic carbocycles. The molecule has 3 rings (SSSR count). The van der Waals surface area contributed by atoms with E-state index in [-0.39, 0.29) is 24.3 Å². The molecule has 0 saturated carbocycles. The van der Waals surface area contributed by atoms with E-state index in [9.17, 15) is 14.4 Å². The molecule has 0 aliphatic rings. The summed E-state index contributed by atoms with van der Waals surface area (Å²) >= 11 is 6.20. The number of amides is 3. The highest BCUT2D eigenvalue weighted by Crippen LogP contribution is 2.26. The number of nitrogens with one attached hydrogen (secondary N) is 4. The summed E-state index contributed by atoms with van der Waals surface area (Å²) in [4.78, 5) is 36.6. The molecule has 3 aromatic rings. The molecule has 0 fully saturated rings. The number of benzene rings is 3. The van der Waals surface area contributed by atoms with Crippen molar-refractivity contribution in [2.75, 3.05) is 27.8 Å². The van der Waals surface area contributed by atoms with Crippen molar-refractivity contribution in [1.29, 1.82) is 0 Å². The molecule has 0 radical (unpaired) electrons. The van der Waals surface area contributed by atoms with Crippen molar-refractivity contribution in [3.8, 4) is 0 Å². The minimum atomic E-state index is -0.304. The van der Waals surface area contributed by atoms with Gasteiger partial charge in [0.15, 0.2) is 0 Å². The van der Waals surface area contributed by atoms with Crippen molar-refractivity contribution >= 4 is 52.1 Å². The second-order valence-corrected chi connectivity index (χ2v) is 8.42. The van der Waals surface area contributed by atoms with E-state index in [0.717, 1.165) is 12.0 Å². The minimum Gasteiger partial charge on any atom is -0.376 e. The van der Waals surface area contributed by atoms with Crippen LogP contribution in [0.4, 0.5) is 22.7 Å². The summed E-state index contributed by atoms with van der Waals surface area (Å²) in [6.07, 6.45) is 2.20. The molecule has 0 atom stereocenters. The van der Waals surface area contributed by atoms with Gasteiger partial charge in [-0.25, -0.2) is 0 Å². The van der Waals surface area contributed by atoms with Gasteiger partial charge >= 0.3 is 0 Å². The highest BCUT2D eigenvalue weighted by Gasteiger charge is 2.09. The minimum absolute atomic E-state index is 0.00580. The lowest BCUT2D eigenvalue weighted by Gasteiger charge is -2.12. The molecule has 0 aliphatic heterocycles. The van der Waals surface area contributed by atoms with E-state index in [4.69, 9.17) is 11.6 Å². The molecule has 0 bridgehead atoms. The topological polar surface area (TPSA) is 99.3 Å². The maximum atomic E-state index is 12.5. The largest absolute Gasteiger partial charge is 0.376 e. The van der Waals surface area contributed by atoms with Crippen LogP contribution in [-0.2, 0) is 20.8 Å². The van der Waals surface area contributed by atoms with Crippen LogP contribution in [0, 0.1) is 0 Å². The highest BCUT2D eigenvalue weighted by atomic mass is 35.5. The van der Waals surface area contributed by atoms with E-state index in [1.165, 1.54) is 0 Å². The summed E-state index contributed by atoms with van der Waals surface area (Å²) in [5.74, 6) is -0.480. The SMILES string of the molecule is CCCC(=O)Nc1ccc(Cl)c(NC(=O)CNc2cccc(NC(=O)CCc3ccccc3)c2)c1. The number of rotatable bonds is 11. The quantitative estimate of drug-likeness (QED) is 0.276. The van der Waals surface area contributed by atoms with Crippen LogP contribution in [0.5, 0.6) is 0 Å². The van der Waals surface area contributed by atoms with E-state index < -0.39 is 0 Å². The highest BCUT2D eigenvalue weighted by molar-refractivity contribution is 6.34. The molecule has 0 spiro atoms. The maximum absolute atomic E-state index is 12.5. The van der Waals surface area contributed by atoms with Crippen LogP contribution in [0.2, 0.25) is 5.02 Å². The number of hydrogen-bond acceptors (Lipinski definition) is 4. The van der Waals surface area contributed by atoms with Crippen molar-refractivity contribution in [2.24, 2.45) is 0 Å². The fourth-order valence-corrected chi connectivity index (χ4v) is 3.52. The van der Waals surface area contributed by atoms with Gasteiger partial charge in [-0.2, -0.15) is 0 Å². The molecule has 3 amide bonds. The molecule has 0 unspecified atom stereocenters. The van der Waals surface area contributed by atoms with Gasteiger partial charge in [0.25, 0.3) is 0 Å². The Hall–Kier alpha value is -3.84. The lowest BCUT2D eigenvalue weighted by Crippen LogP contribution is -2.22. The molecular formula is C27H29ClN4O3. The van der Waals surface area contributed by atoms with Gasteiger partial charge in [-0.3, -0.25) is 14.4 Å². The second-order valence-electron chi connectivity index (χ2n) is 8.01. The summed E-state index contributed by atoms with van der Waals surface area (Å²) in [6, 6.07) is 21.9. The van der Waals surface area contributed by atoms with Crippen LogP contribution in [0.25, 0.3) is 0 Å². The van der Waals surface area contributed by atoms with E-state index in [1.54, 1.807) is 36.4 Å². The van der Waals surface area contributed by atoms with Crippen LogP contribution in [0.1, 0.15) is 31.7 Å². The van der Waals surface area contributed by atoms with Crippen LogP contribution < -0.4 is 21.3 Å². The average molecular weight is 493 g/mol. The summed E-state index contributed by atoms with van der Waals surface area (Å²) in [5, 5.41) is 11.8. The van der Waals surface area contributed by atoms with E-state index in [0.29, 0.717) is 47.0 Å². The molecule has 3 aromatic carbocycles. The monoisotopic (exact) mass is 492 g/mol. The fourth-order valence-electron chi connectivity index (χ4n) is 3.36. The summed E-state index contributed by atoms with van der Waals surface area (Å²) in [6.45, 7) is 1.92. The maximum Gasteiger partial charge on any atom is 0.243 e. The second kappa shape index (κ2) is 13.2. The first kappa shape index (κ1) is 25.8. The lowest BCUT2D eigenvalue weighted by molar-refractivity contribution is -0.117. The van der Waals surface area contributed by atoms with Gasteiger partial charge in [-0.05, 0) is 54.8 Å². The van der Waals surface area contributed by atoms with Gasteiger partial charge < -0.3 is 21.3 Å². The zero-order valence-corrected chi connectivity index (χ0v) is 20.3. The van der Waals surface area contributed by atoms with E-state index in [1.807, 2.05) is 43.3 Å². The van der Waals surface area contributed by atoms with Crippen molar-refractivity contribution in [3.05, 3.63) is 83.4 Å². The Kier molecular flexibility index (Phi) is 9.69. The molecule has 35 heavy (non-hydrogen) atoms.